The first-order chi connectivity index (χ1) is 11.1. The predicted octanol–water partition coefficient (Wildman–Crippen LogP) is 0.587. The van der Waals surface area contributed by atoms with Gasteiger partial charge in [-0.3, -0.25) is 14.4 Å². The summed E-state index contributed by atoms with van der Waals surface area (Å²) in [6.07, 6.45) is 3.86. The summed E-state index contributed by atoms with van der Waals surface area (Å²) in [6.45, 7) is 1.87. The third-order valence-corrected chi connectivity index (χ3v) is 4.77. The Labute approximate surface area is 136 Å². The van der Waals surface area contributed by atoms with Gasteiger partial charge in [0.05, 0.1) is 6.20 Å². The Hall–Kier alpha value is -2.22. The Morgan fingerprint density at radius 1 is 1.39 bits per heavy atom. The van der Waals surface area contributed by atoms with E-state index in [1.165, 1.54) is 16.0 Å². The van der Waals surface area contributed by atoms with E-state index >= 15 is 0 Å². The summed E-state index contributed by atoms with van der Waals surface area (Å²) in [7, 11) is 0. The zero-order chi connectivity index (χ0) is 16.2. The molecule has 1 aliphatic heterocycles. The van der Waals surface area contributed by atoms with E-state index in [0.29, 0.717) is 30.6 Å². The van der Waals surface area contributed by atoms with Crippen LogP contribution in [-0.4, -0.2) is 46.1 Å². The van der Waals surface area contributed by atoms with E-state index in [1.54, 1.807) is 6.20 Å². The van der Waals surface area contributed by atoms with Gasteiger partial charge in [-0.25, -0.2) is 4.68 Å². The molecule has 1 N–H and O–H groups in total. The molecule has 1 aliphatic rings. The molecule has 2 amide bonds. The maximum atomic E-state index is 12.2. The quantitative estimate of drug-likeness (QED) is 0.784. The lowest BCUT2D eigenvalue weighted by molar-refractivity contribution is -0.127. The average Bonchev–Trinajstić information content (AvgIpc) is 3.16. The fraction of sp³-hybridized carbons (Fsp3) is 0.467. The molecule has 0 bridgehead atoms. The van der Waals surface area contributed by atoms with Crippen LogP contribution in [0.1, 0.15) is 19.3 Å². The first-order valence-corrected chi connectivity index (χ1v) is 8.51. The van der Waals surface area contributed by atoms with Crippen LogP contribution in [0.2, 0.25) is 0 Å². The summed E-state index contributed by atoms with van der Waals surface area (Å²) >= 11 is 1.35. The molecule has 122 valence electrons. The standard InChI is InChI=1S/C15H18N4O3S/c20-12(16-5-2-7-18-6-1-3-13(18)21)10-19-15(22)14-11(9-17-19)4-8-23-14/h4,8-9H,1-3,5-7,10H2,(H,16,20). The number of hydrogen-bond donors (Lipinski definition) is 1. The molecule has 23 heavy (non-hydrogen) atoms. The molecule has 0 aliphatic carbocycles. The highest BCUT2D eigenvalue weighted by Crippen LogP contribution is 2.14. The van der Waals surface area contributed by atoms with Crippen LogP contribution in [-0.2, 0) is 16.1 Å². The number of carbonyl (C=O) groups excluding carboxylic acids is 2. The number of thiophene rings is 1. The number of nitrogens with one attached hydrogen (secondary N) is 1. The van der Waals surface area contributed by atoms with Gasteiger partial charge in [-0.05, 0) is 24.3 Å². The molecule has 0 unspecified atom stereocenters. The third-order valence-electron chi connectivity index (χ3n) is 3.85. The van der Waals surface area contributed by atoms with E-state index in [1.807, 2.05) is 16.3 Å². The second-order valence-corrected chi connectivity index (χ2v) is 6.42. The highest BCUT2D eigenvalue weighted by atomic mass is 32.1. The van der Waals surface area contributed by atoms with Crippen LogP contribution in [0.25, 0.3) is 10.1 Å². The molecule has 0 spiro atoms. The molecule has 1 fully saturated rings. The van der Waals surface area contributed by atoms with Crippen molar-refractivity contribution in [3.05, 3.63) is 28.0 Å². The Balaban J connectivity index is 1.48. The zero-order valence-corrected chi connectivity index (χ0v) is 13.5. The van der Waals surface area contributed by atoms with Crippen molar-refractivity contribution in [2.45, 2.75) is 25.8 Å². The molecule has 2 aromatic heterocycles. The molecule has 1 saturated heterocycles. The molecule has 0 saturated carbocycles. The molecule has 3 heterocycles. The summed E-state index contributed by atoms with van der Waals surface area (Å²) in [4.78, 5) is 37.3. The van der Waals surface area contributed by atoms with E-state index in [0.717, 1.165) is 18.4 Å². The maximum absolute atomic E-state index is 12.2. The van der Waals surface area contributed by atoms with Gasteiger partial charge in [0.2, 0.25) is 11.8 Å². The average molecular weight is 334 g/mol. The lowest BCUT2D eigenvalue weighted by Gasteiger charge is -2.15. The monoisotopic (exact) mass is 334 g/mol. The van der Waals surface area contributed by atoms with Crippen molar-refractivity contribution >= 4 is 33.2 Å². The van der Waals surface area contributed by atoms with E-state index in [2.05, 4.69) is 10.4 Å². The number of carbonyl (C=O) groups is 2. The van der Waals surface area contributed by atoms with E-state index in [-0.39, 0.29) is 23.9 Å². The van der Waals surface area contributed by atoms with Crippen LogP contribution in [0.3, 0.4) is 0 Å². The lowest BCUT2D eigenvalue weighted by Crippen LogP contribution is -2.35. The lowest BCUT2D eigenvalue weighted by atomic mass is 10.3. The number of amides is 2. The summed E-state index contributed by atoms with van der Waals surface area (Å²) in [6, 6.07) is 1.83. The van der Waals surface area contributed by atoms with Crippen molar-refractivity contribution in [3.8, 4) is 0 Å². The second-order valence-electron chi connectivity index (χ2n) is 5.50. The van der Waals surface area contributed by atoms with Crippen LogP contribution in [0, 0.1) is 0 Å². The molecule has 3 rings (SSSR count). The Kier molecular flexibility index (Phi) is 4.71. The largest absolute Gasteiger partial charge is 0.354 e. The van der Waals surface area contributed by atoms with E-state index in [9.17, 15) is 14.4 Å². The van der Waals surface area contributed by atoms with Crippen LogP contribution < -0.4 is 10.9 Å². The van der Waals surface area contributed by atoms with Gasteiger partial charge in [-0.2, -0.15) is 5.10 Å². The zero-order valence-electron chi connectivity index (χ0n) is 12.7. The summed E-state index contributed by atoms with van der Waals surface area (Å²) in [5, 5.41) is 9.41. The number of hydrogen-bond acceptors (Lipinski definition) is 5. The Morgan fingerprint density at radius 2 is 2.26 bits per heavy atom. The fourth-order valence-electron chi connectivity index (χ4n) is 2.64. The highest BCUT2D eigenvalue weighted by molar-refractivity contribution is 7.17. The maximum Gasteiger partial charge on any atom is 0.285 e. The van der Waals surface area contributed by atoms with E-state index in [4.69, 9.17) is 0 Å². The molecule has 8 heteroatoms. The number of rotatable bonds is 6. The number of fused-ring (bicyclic) bond motifs is 1. The van der Waals surface area contributed by atoms with Gasteiger partial charge in [0, 0.05) is 31.4 Å². The number of likely N-dealkylation sites (tertiary alicyclic amines) is 1. The first kappa shape index (κ1) is 15.7. The molecule has 0 aromatic carbocycles. The van der Waals surface area contributed by atoms with Crippen LogP contribution in [0.15, 0.2) is 22.4 Å². The molecule has 7 nitrogen and oxygen atoms in total. The normalized spacial score (nSPS) is 14.6. The van der Waals surface area contributed by atoms with Gasteiger partial charge in [0.15, 0.2) is 0 Å². The van der Waals surface area contributed by atoms with Crippen LogP contribution in [0.4, 0.5) is 0 Å². The van der Waals surface area contributed by atoms with E-state index < -0.39 is 0 Å². The Bertz CT molecular complexity index is 782. The van der Waals surface area contributed by atoms with Crippen molar-refractivity contribution in [1.29, 1.82) is 0 Å². The topological polar surface area (TPSA) is 84.3 Å². The van der Waals surface area contributed by atoms with Gasteiger partial charge < -0.3 is 10.2 Å². The van der Waals surface area contributed by atoms with Crippen molar-refractivity contribution < 1.29 is 9.59 Å². The van der Waals surface area contributed by atoms with Crippen molar-refractivity contribution in [2.75, 3.05) is 19.6 Å². The first-order valence-electron chi connectivity index (χ1n) is 7.63. The van der Waals surface area contributed by atoms with Crippen LogP contribution in [0.5, 0.6) is 0 Å². The van der Waals surface area contributed by atoms with Gasteiger partial charge in [0.25, 0.3) is 5.56 Å². The minimum absolute atomic E-state index is 0.0880. The van der Waals surface area contributed by atoms with Crippen molar-refractivity contribution in [2.24, 2.45) is 0 Å². The second kappa shape index (κ2) is 6.91. The number of aromatic nitrogens is 2. The predicted molar refractivity (Wildman–Crippen MR) is 87.3 cm³/mol. The summed E-state index contributed by atoms with van der Waals surface area (Å²) < 4.78 is 1.79. The molecule has 2 aromatic rings. The fourth-order valence-corrected chi connectivity index (χ4v) is 3.45. The number of nitrogens with zero attached hydrogens (tertiary/aromatic N) is 3. The van der Waals surface area contributed by atoms with Gasteiger partial charge in [-0.15, -0.1) is 11.3 Å². The smallest absolute Gasteiger partial charge is 0.285 e. The van der Waals surface area contributed by atoms with Crippen molar-refractivity contribution in [1.82, 2.24) is 20.0 Å². The van der Waals surface area contributed by atoms with Gasteiger partial charge in [0.1, 0.15) is 11.2 Å². The SMILES string of the molecule is O=C(Cn1ncc2ccsc2c1=O)NCCCN1CCCC1=O. The third kappa shape index (κ3) is 3.58. The summed E-state index contributed by atoms with van der Waals surface area (Å²) in [5.41, 5.74) is -0.240. The molecule has 0 radical (unpaired) electrons. The minimum atomic E-state index is -0.247. The summed E-state index contributed by atoms with van der Waals surface area (Å²) in [5.74, 6) is -0.0559. The van der Waals surface area contributed by atoms with Crippen LogP contribution >= 0.6 is 11.3 Å². The van der Waals surface area contributed by atoms with Gasteiger partial charge >= 0.3 is 0 Å². The van der Waals surface area contributed by atoms with Crippen molar-refractivity contribution in [3.63, 3.8) is 0 Å². The van der Waals surface area contributed by atoms with Gasteiger partial charge in [-0.1, -0.05) is 0 Å². The molecule has 0 atom stereocenters. The highest BCUT2D eigenvalue weighted by Gasteiger charge is 2.19. The molecular formula is C15H18N4O3S. The Morgan fingerprint density at radius 3 is 3.04 bits per heavy atom. The molecular weight excluding hydrogens is 316 g/mol. The minimum Gasteiger partial charge on any atom is -0.354 e.